The quantitative estimate of drug-likeness (QED) is 0.305. The van der Waals surface area contributed by atoms with Crippen LogP contribution in [0, 0.1) is 0 Å². The number of hydrogen-bond donors (Lipinski definition) is 3. The number of carboxylic acids is 1. The van der Waals surface area contributed by atoms with Gasteiger partial charge in [-0.3, -0.25) is 4.79 Å². The molecule has 3 N–H and O–H groups in total. The van der Waals surface area contributed by atoms with Crippen molar-refractivity contribution >= 4 is 17.6 Å². The van der Waals surface area contributed by atoms with E-state index in [-0.39, 0.29) is 6.42 Å². The summed E-state index contributed by atoms with van der Waals surface area (Å²) in [7, 11) is 0. The summed E-state index contributed by atoms with van der Waals surface area (Å²) < 4.78 is 17.6. The highest BCUT2D eigenvalue weighted by Crippen LogP contribution is 2.26. The van der Waals surface area contributed by atoms with Crippen molar-refractivity contribution in [2.24, 2.45) is 0 Å². The minimum atomic E-state index is -0.784. The number of nitrogens with one attached hydrogen (secondary N) is 2. The first kappa shape index (κ1) is 26.3. The van der Waals surface area contributed by atoms with Gasteiger partial charge in [0, 0.05) is 36.0 Å². The van der Waals surface area contributed by atoms with Crippen molar-refractivity contribution < 1.29 is 24.1 Å². The number of carbonyl (C=O) groups is 1. The van der Waals surface area contributed by atoms with Crippen LogP contribution in [-0.2, 0) is 27.5 Å². The van der Waals surface area contributed by atoms with Crippen LogP contribution in [0.25, 0.3) is 11.3 Å². The highest BCUT2D eigenvalue weighted by Gasteiger charge is 2.09. The zero-order valence-electron chi connectivity index (χ0n) is 20.7. The molecule has 0 atom stereocenters. The SMILES string of the molecule is O=C(O)CCCNCCOc1ccc2cc1COC/C=C/COCc1cccc(c1)-c1ccnc(n1)N2. The smallest absolute Gasteiger partial charge is 0.303 e. The van der Waals surface area contributed by atoms with Crippen molar-refractivity contribution in [3.63, 3.8) is 0 Å². The van der Waals surface area contributed by atoms with Crippen LogP contribution in [0.4, 0.5) is 11.6 Å². The molecular formula is C28H32N4O5. The predicted molar refractivity (Wildman–Crippen MR) is 141 cm³/mol. The van der Waals surface area contributed by atoms with Crippen LogP contribution < -0.4 is 15.4 Å². The Labute approximate surface area is 216 Å². The third-order valence-corrected chi connectivity index (χ3v) is 5.60. The summed E-state index contributed by atoms with van der Waals surface area (Å²) in [4.78, 5) is 19.7. The van der Waals surface area contributed by atoms with Crippen LogP contribution in [0.5, 0.6) is 5.75 Å². The Hall–Kier alpha value is -3.79. The number of carboxylic acid groups (broad SMARTS) is 1. The van der Waals surface area contributed by atoms with E-state index in [0.717, 1.165) is 33.8 Å². The van der Waals surface area contributed by atoms with Crippen molar-refractivity contribution in [2.75, 3.05) is 38.2 Å². The van der Waals surface area contributed by atoms with E-state index in [0.29, 0.717) is 58.5 Å². The second-order valence-electron chi connectivity index (χ2n) is 8.51. The molecule has 194 valence electrons. The highest BCUT2D eigenvalue weighted by atomic mass is 16.5. The van der Waals surface area contributed by atoms with Gasteiger partial charge in [-0.2, -0.15) is 0 Å². The summed E-state index contributed by atoms with van der Waals surface area (Å²) in [5.41, 5.74) is 4.61. The summed E-state index contributed by atoms with van der Waals surface area (Å²) in [6, 6.07) is 15.8. The van der Waals surface area contributed by atoms with Gasteiger partial charge in [-0.05, 0) is 48.9 Å². The van der Waals surface area contributed by atoms with Crippen LogP contribution in [0.15, 0.2) is 66.9 Å². The fourth-order valence-electron chi connectivity index (χ4n) is 3.78. The van der Waals surface area contributed by atoms with Crippen LogP contribution in [-0.4, -0.2) is 54.0 Å². The van der Waals surface area contributed by atoms with Gasteiger partial charge in [-0.15, -0.1) is 0 Å². The standard InChI is InChI=1S/C28H32N4O5/c33-27(34)7-4-11-29-13-16-37-26-9-8-24-18-23(26)20-36-15-2-1-14-35-19-21-5-3-6-22(17-21)25-10-12-30-28(31-24)32-25/h1-3,5-6,8-10,12,17-18,29H,4,7,11,13-16,19-20H2,(H,33,34)(H,30,31,32)/b2-1+. The Morgan fingerprint density at radius 1 is 1.05 bits per heavy atom. The molecule has 0 saturated carbocycles. The van der Waals surface area contributed by atoms with Gasteiger partial charge < -0.3 is 30.0 Å². The zero-order valence-corrected chi connectivity index (χ0v) is 20.7. The molecule has 0 aliphatic carbocycles. The topological polar surface area (TPSA) is 115 Å². The second-order valence-corrected chi connectivity index (χ2v) is 8.51. The molecule has 0 radical (unpaired) electrons. The highest BCUT2D eigenvalue weighted by molar-refractivity contribution is 5.66. The molecule has 1 aromatic heterocycles. The normalized spacial score (nSPS) is 14.6. The molecule has 3 aromatic rings. The number of hydrogen-bond acceptors (Lipinski definition) is 8. The summed E-state index contributed by atoms with van der Waals surface area (Å²) in [5.74, 6) is 0.439. The average Bonchev–Trinajstić information content (AvgIpc) is 2.90. The van der Waals surface area contributed by atoms with Gasteiger partial charge in [-0.1, -0.05) is 30.4 Å². The Balaban J connectivity index is 1.47. The van der Waals surface area contributed by atoms with E-state index in [4.69, 9.17) is 24.3 Å². The van der Waals surface area contributed by atoms with E-state index in [9.17, 15) is 4.79 Å². The van der Waals surface area contributed by atoms with Gasteiger partial charge in [0.15, 0.2) is 0 Å². The molecule has 0 fully saturated rings. The van der Waals surface area contributed by atoms with E-state index in [1.807, 2.05) is 54.6 Å². The van der Waals surface area contributed by atoms with Gasteiger partial charge in [-0.25, -0.2) is 9.97 Å². The molecular weight excluding hydrogens is 472 g/mol. The first-order chi connectivity index (χ1) is 18.2. The van der Waals surface area contributed by atoms with E-state index < -0.39 is 5.97 Å². The van der Waals surface area contributed by atoms with Crippen molar-refractivity contribution in [2.45, 2.75) is 26.1 Å². The van der Waals surface area contributed by atoms with Crippen LogP contribution >= 0.6 is 0 Å². The molecule has 9 heteroatoms. The molecule has 2 aromatic carbocycles. The van der Waals surface area contributed by atoms with Crippen LogP contribution in [0.3, 0.4) is 0 Å². The van der Waals surface area contributed by atoms with Gasteiger partial charge in [0.05, 0.1) is 32.1 Å². The number of benzene rings is 2. The van der Waals surface area contributed by atoms with E-state index in [2.05, 4.69) is 21.7 Å². The predicted octanol–water partition coefficient (Wildman–Crippen LogP) is 4.32. The van der Waals surface area contributed by atoms with Crippen molar-refractivity contribution in [3.8, 4) is 17.0 Å². The number of rotatable bonds is 8. The van der Waals surface area contributed by atoms with E-state index in [1.54, 1.807) is 6.20 Å². The maximum absolute atomic E-state index is 10.6. The lowest BCUT2D eigenvalue weighted by Gasteiger charge is -2.15. The number of aromatic nitrogens is 2. The molecule has 0 amide bonds. The Morgan fingerprint density at radius 2 is 1.92 bits per heavy atom. The number of anilines is 2. The van der Waals surface area contributed by atoms with Crippen LogP contribution in [0.1, 0.15) is 24.0 Å². The summed E-state index contributed by atoms with van der Waals surface area (Å²) >= 11 is 0. The lowest BCUT2D eigenvalue weighted by Crippen LogP contribution is -2.22. The van der Waals surface area contributed by atoms with Crippen molar-refractivity contribution in [3.05, 3.63) is 78.0 Å². The molecule has 1 aliphatic rings. The monoisotopic (exact) mass is 504 g/mol. The Kier molecular flexibility index (Phi) is 10.00. The first-order valence-electron chi connectivity index (χ1n) is 12.4. The maximum Gasteiger partial charge on any atom is 0.303 e. The third kappa shape index (κ3) is 8.68. The van der Waals surface area contributed by atoms with Gasteiger partial charge in [0.2, 0.25) is 5.95 Å². The fraction of sp³-hybridized carbons (Fsp3) is 0.321. The van der Waals surface area contributed by atoms with Crippen LogP contribution in [0.2, 0.25) is 0 Å². The number of aliphatic carboxylic acids is 1. The van der Waals surface area contributed by atoms with E-state index in [1.165, 1.54) is 0 Å². The zero-order chi connectivity index (χ0) is 25.7. The Morgan fingerprint density at radius 3 is 2.78 bits per heavy atom. The number of fused-ring (bicyclic) bond motifs is 7. The summed E-state index contributed by atoms with van der Waals surface area (Å²) in [6.07, 6.45) is 6.38. The van der Waals surface area contributed by atoms with Gasteiger partial charge >= 0.3 is 5.97 Å². The van der Waals surface area contributed by atoms with Crippen molar-refractivity contribution in [1.82, 2.24) is 15.3 Å². The van der Waals surface area contributed by atoms with E-state index >= 15 is 0 Å². The minimum Gasteiger partial charge on any atom is -0.492 e. The third-order valence-electron chi connectivity index (χ3n) is 5.60. The summed E-state index contributed by atoms with van der Waals surface area (Å²) in [5, 5.41) is 15.2. The molecule has 0 unspecified atom stereocenters. The molecule has 6 bridgehead atoms. The second kappa shape index (κ2) is 14.1. The fourth-order valence-corrected chi connectivity index (χ4v) is 3.78. The largest absolute Gasteiger partial charge is 0.492 e. The first-order valence-corrected chi connectivity index (χ1v) is 12.4. The van der Waals surface area contributed by atoms with Gasteiger partial charge in [0.25, 0.3) is 0 Å². The lowest BCUT2D eigenvalue weighted by molar-refractivity contribution is -0.137. The lowest BCUT2D eigenvalue weighted by atomic mass is 10.1. The van der Waals surface area contributed by atoms with Crippen molar-refractivity contribution in [1.29, 1.82) is 0 Å². The molecule has 0 saturated heterocycles. The number of ether oxygens (including phenoxy) is 3. The molecule has 4 rings (SSSR count). The summed E-state index contributed by atoms with van der Waals surface area (Å²) in [6.45, 7) is 3.53. The maximum atomic E-state index is 10.6. The molecule has 2 heterocycles. The van der Waals surface area contributed by atoms with Gasteiger partial charge in [0.1, 0.15) is 12.4 Å². The average molecular weight is 505 g/mol. The Bertz CT molecular complexity index is 1200. The minimum absolute atomic E-state index is 0.156. The molecule has 37 heavy (non-hydrogen) atoms. The molecule has 0 spiro atoms. The number of nitrogens with zero attached hydrogens (tertiary/aromatic N) is 2. The molecule has 1 aliphatic heterocycles. The molecule has 9 nitrogen and oxygen atoms in total.